The molecule has 0 fully saturated rings. The molecule has 0 radical (unpaired) electrons. The van der Waals surface area contributed by atoms with Gasteiger partial charge in [-0.25, -0.2) is 9.50 Å². The Morgan fingerprint density at radius 2 is 2.03 bits per heavy atom. The molecule has 2 N–H and O–H groups in total. The van der Waals surface area contributed by atoms with E-state index in [1.807, 2.05) is 23.6 Å². The Morgan fingerprint density at radius 1 is 1.12 bits per heavy atom. The zero-order valence-electron chi connectivity index (χ0n) is 16.8. The molecule has 0 atom stereocenters. The number of hydrogen-bond donors (Lipinski definition) is 2. The van der Waals surface area contributed by atoms with Crippen molar-refractivity contribution in [3.63, 3.8) is 0 Å². The highest BCUT2D eigenvalue weighted by molar-refractivity contribution is 7.13. The molecule has 2 amide bonds. The molecule has 5 rings (SSSR count). The summed E-state index contributed by atoms with van der Waals surface area (Å²) in [5.74, 6) is -0.219. The first-order chi connectivity index (χ1) is 15.6. The maximum Gasteiger partial charge on any atom is 0.272 e. The van der Waals surface area contributed by atoms with E-state index in [1.54, 1.807) is 41.2 Å². The topological polar surface area (TPSA) is 119 Å². The summed E-state index contributed by atoms with van der Waals surface area (Å²) in [6.45, 7) is 0.216. The van der Waals surface area contributed by atoms with Crippen LogP contribution in [0, 0.1) is 0 Å². The molecule has 5 aromatic rings. The lowest BCUT2D eigenvalue weighted by atomic mass is 10.2. The first-order valence-electron chi connectivity index (χ1n) is 9.62. The standard InChI is InChI=1S/C21H17N7O3S/c1-27-18(21(30)23-10-13-4-2-8-31-13)15(12-24-27)26-20(29)14-11-25-28-16(6-7-22-19(14)28)17-5-3-9-32-17/h2-9,11-12H,10H2,1H3,(H,23,30)(H,26,29). The van der Waals surface area contributed by atoms with Gasteiger partial charge in [0.05, 0.1) is 41.5 Å². The Morgan fingerprint density at radius 3 is 2.81 bits per heavy atom. The Labute approximate surface area is 185 Å². The lowest BCUT2D eigenvalue weighted by Gasteiger charge is -2.08. The van der Waals surface area contributed by atoms with Crippen LogP contribution in [-0.4, -0.2) is 36.2 Å². The molecule has 0 aliphatic heterocycles. The number of carbonyl (C=O) groups excluding carboxylic acids is 2. The summed E-state index contributed by atoms with van der Waals surface area (Å²) in [5, 5.41) is 15.9. The molecule has 0 unspecified atom stereocenters. The van der Waals surface area contributed by atoms with Crippen molar-refractivity contribution in [1.29, 1.82) is 0 Å². The average Bonchev–Trinajstić information content (AvgIpc) is 3.59. The number of carbonyl (C=O) groups is 2. The second-order valence-electron chi connectivity index (χ2n) is 6.85. The Kier molecular flexibility index (Phi) is 5.00. The third-order valence-corrected chi connectivity index (χ3v) is 5.72. The minimum Gasteiger partial charge on any atom is -0.467 e. The number of anilines is 1. The molecule has 0 aliphatic rings. The summed E-state index contributed by atoms with van der Waals surface area (Å²) in [7, 11) is 1.63. The van der Waals surface area contributed by atoms with E-state index < -0.39 is 11.8 Å². The molecule has 0 saturated carbocycles. The van der Waals surface area contributed by atoms with Gasteiger partial charge in [0.15, 0.2) is 5.65 Å². The van der Waals surface area contributed by atoms with Crippen LogP contribution in [0.25, 0.3) is 16.2 Å². The van der Waals surface area contributed by atoms with Crippen LogP contribution in [0.1, 0.15) is 26.6 Å². The zero-order valence-corrected chi connectivity index (χ0v) is 17.7. The maximum absolute atomic E-state index is 13.0. The number of thiophene rings is 1. The summed E-state index contributed by atoms with van der Waals surface area (Å²) < 4.78 is 8.26. The van der Waals surface area contributed by atoms with Gasteiger partial charge in [-0.2, -0.15) is 10.2 Å². The molecule has 160 valence electrons. The van der Waals surface area contributed by atoms with Crippen LogP contribution in [0.4, 0.5) is 5.69 Å². The van der Waals surface area contributed by atoms with Gasteiger partial charge >= 0.3 is 0 Å². The number of furan rings is 1. The minimum atomic E-state index is -0.441. The van der Waals surface area contributed by atoms with Crippen LogP contribution in [0.2, 0.25) is 0 Å². The molecule has 0 aliphatic carbocycles. The minimum absolute atomic E-state index is 0.216. The fourth-order valence-electron chi connectivity index (χ4n) is 3.31. The molecular weight excluding hydrogens is 430 g/mol. The highest BCUT2D eigenvalue weighted by Gasteiger charge is 2.22. The van der Waals surface area contributed by atoms with Gasteiger partial charge in [0.1, 0.15) is 17.0 Å². The Balaban J connectivity index is 1.40. The van der Waals surface area contributed by atoms with Crippen molar-refractivity contribution in [3.05, 3.63) is 77.6 Å². The van der Waals surface area contributed by atoms with Crippen LogP contribution in [-0.2, 0) is 13.6 Å². The number of aryl methyl sites for hydroxylation is 1. The number of amides is 2. The van der Waals surface area contributed by atoms with E-state index in [-0.39, 0.29) is 23.5 Å². The summed E-state index contributed by atoms with van der Waals surface area (Å²) in [6.07, 6.45) is 6.06. The van der Waals surface area contributed by atoms with Gasteiger partial charge in [0, 0.05) is 13.2 Å². The van der Waals surface area contributed by atoms with E-state index in [0.717, 1.165) is 10.6 Å². The van der Waals surface area contributed by atoms with Gasteiger partial charge in [-0.05, 0) is 29.6 Å². The van der Waals surface area contributed by atoms with E-state index in [2.05, 4.69) is 25.8 Å². The number of hydrogen-bond acceptors (Lipinski definition) is 7. The predicted molar refractivity (Wildman–Crippen MR) is 117 cm³/mol. The van der Waals surface area contributed by atoms with Crippen LogP contribution >= 0.6 is 11.3 Å². The van der Waals surface area contributed by atoms with Crippen molar-refractivity contribution in [1.82, 2.24) is 29.7 Å². The molecule has 10 nitrogen and oxygen atoms in total. The lowest BCUT2D eigenvalue weighted by molar-refractivity contribution is 0.0939. The van der Waals surface area contributed by atoms with E-state index >= 15 is 0 Å². The second kappa shape index (κ2) is 8.12. The van der Waals surface area contributed by atoms with E-state index in [4.69, 9.17) is 4.42 Å². The van der Waals surface area contributed by atoms with Gasteiger partial charge in [0.2, 0.25) is 0 Å². The smallest absolute Gasteiger partial charge is 0.272 e. The molecule has 5 heterocycles. The van der Waals surface area contributed by atoms with Crippen molar-refractivity contribution in [2.75, 3.05) is 5.32 Å². The molecule has 0 aromatic carbocycles. The fourth-order valence-corrected chi connectivity index (χ4v) is 4.05. The first-order valence-corrected chi connectivity index (χ1v) is 10.5. The van der Waals surface area contributed by atoms with Crippen molar-refractivity contribution < 1.29 is 14.0 Å². The molecule has 0 bridgehead atoms. The maximum atomic E-state index is 13.0. The summed E-state index contributed by atoms with van der Waals surface area (Å²) in [5.41, 5.74) is 2.04. The summed E-state index contributed by atoms with van der Waals surface area (Å²) in [6, 6.07) is 9.27. The van der Waals surface area contributed by atoms with Gasteiger partial charge in [-0.1, -0.05) is 6.07 Å². The largest absolute Gasteiger partial charge is 0.467 e. The van der Waals surface area contributed by atoms with E-state index in [9.17, 15) is 9.59 Å². The molecule has 5 aromatic heterocycles. The molecular formula is C21H17N7O3S. The third kappa shape index (κ3) is 3.54. The van der Waals surface area contributed by atoms with Crippen molar-refractivity contribution in [2.24, 2.45) is 7.05 Å². The highest BCUT2D eigenvalue weighted by atomic mass is 32.1. The monoisotopic (exact) mass is 447 g/mol. The fraction of sp³-hybridized carbons (Fsp3) is 0.0952. The van der Waals surface area contributed by atoms with Crippen molar-refractivity contribution >= 4 is 34.5 Å². The second-order valence-corrected chi connectivity index (χ2v) is 7.80. The van der Waals surface area contributed by atoms with Crippen molar-refractivity contribution in [3.8, 4) is 10.6 Å². The van der Waals surface area contributed by atoms with Gasteiger partial charge in [-0.3, -0.25) is 14.3 Å². The van der Waals surface area contributed by atoms with Gasteiger partial charge in [-0.15, -0.1) is 11.3 Å². The van der Waals surface area contributed by atoms with Crippen LogP contribution in [0.3, 0.4) is 0 Å². The molecule has 0 saturated heterocycles. The van der Waals surface area contributed by atoms with Gasteiger partial charge < -0.3 is 15.1 Å². The Bertz CT molecular complexity index is 1400. The SMILES string of the molecule is Cn1ncc(NC(=O)c2cnn3c(-c4cccs4)ccnc23)c1C(=O)NCc1ccco1. The summed E-state index contributed by atoms with van der Waals surface area (Å²) in [4.78, 5) is 31.1. The number of nitrogens with zero attached hydrogens (tertiary/aromatic N) is 5. The predicted octanol–water partition coefficient (Wildman–Crippen LogP) is 2.97. The average molecular weight is 447 g/mol. The van der Waals surface area contributed by atoms with Crippen LogP contribution in [0.15, 0.2) is 65.0 Å². The Hall–Kier alpha value is -4.25. The van der Waals surface area contributed by atoms with Crippen LogP contribution < -0.4 is 10.6 Å². The molecule has 0 spiro atoms. The normalized spacial score (nSPS) is 11.0. The van der Waals surface area contributed by atoms with E-state index in [0.29, 0.717) is 11.4 Å². The first kappa shape index (κ1) is 19.7. The van der Waals surface area contributed by atoms with E-state index in [1.165, 1.54) is 23.3 Å². The van der Waals surface area contributed by atoms with Crippen LogP contribution in [0.5, 0.6) is 0 Å². The molecule has 11 heteroatoms. The quantitative estimate of drug-likeness (QED) is 0.413. The number of nitrogens with one attached hydrogen (secondary N) is 2. The molecule has 32 heavy (non-hydrogen) atoms. The number of fused-ring (bicyclic) bond motifs is 1. The van der Waals surface area contributed by atoms with Gasteiger partial charge in [0.25, 0.3) is 11.8 Å². The number of aromatic nitrogens is 5. The summed E-state index contributed by atoms with van der Waals surface area (Å²) >= 11 is 1.57. The number of rotatable bonds is 6. The highest BCUT2D eigenvalue weighted by Crippen LogP contribution is 2.25. The van der Waals surface area contributed by atoms with Crippen molar-refractivity contribution in [2.45, 2.75) is 6.54 Å². The lowest BCUT2D eigenvalue weighted by Crippen LogP contribution is -2.26. The zero-order chi connectivity index (χ0) is 22.1. The third-order valence-electron chi connectivity index (χ3n) is 4.82.